The fourth-order valence-electron chi connectivity index (χ4n) is 2.83. The zero-order chi connectivity index (χ0) is 18.1. The summed E-state index contributed by atoms with van der Waals surface area (Å²) >= 11 is 6.29. The molecule has 1 aliphatic carbocycles. The zero-order valence-corrected chi connectivity index (χ0v) is 17.2. The van der Waals surface area contributed by atoms with Crippen LogP contribution in [0.3, 0.4) is 0 Å². The Morgan fingerprint density at radius 1 is 1.31 bits per heavy atom. The van der Waals surface area contributed by atoms with Gasteiger partial charge in [0.15, 0.2) is 11.0 Å². The van der Waals surface area contributed by atoms with Crippen LogP contribution < -0.4 is 5.32 Å². The Labute approximate surface area is 167 Å². The maximum absolute atomic E-state index is 11.8. The van der Waals surface area contributed by atoms with Crippen molar-refractivity contribution in [2.45, 2.75) is 19.8 Å². The number of aryl methyl sites for hydroxylation is 2. The van der Waals surface area contributed by atoms with Gasteiger partial charge in [-0.2, -0.15) is 0 Å². The van der Waals surface area contributed by atoms with E-state index in [1.807, 2.05) is 37.4 Å². The molecular weight excluding hydrogens is 432 g/mol. The van der Waals surface area contributed by atoms with Crippen LogP contribution in [0.2, 0.25) is 0 Å². The molecule has 0 aliphatic heterocycles. The number of benzene rings is 1. The highest BCUT2D eigenvalue weighted by Crippen LogP contribution is 2.39. The average molecular weight is 447 g/mol. The monoisotopic (exact) mass is 446 g/mol. The van der Waals surface area contributed by atoms with Crippen molar-refractivity contribution in [3.63, 3.8) is 0 Å². The fourth-order valence-corrected chi connectivity index (χ4v) is 4.82. The van der Waals surface area contributed by atoms with Crippen molar-refractivity contribution >= 4 is 49.4 Å². The summed E-state index contributed by atoms with van der Waals surface area (Å²) in [5.41, 5.74) is 4.00. The lowest BCUT2D eigenvalue weighted by Gasteiger charge is -2.14. The molecule has 0 saturated heterocycles. The van der Waals surface area contributed by atoms with Crippen molar-refractivity contribution < 1.29 is 4.79 Å². The lowest BCUT2D eigenvalue weighted by molar-refractivity contribution is 0.270. The van der Waals surface area contributed by atoms with Crippen molar-refractivity contribution in [1.82, 2.24) is 15.0 Å². The Hall–Kier alpha value is -1.77. The second kappa shape index (κ2) is 7.46. The van der Waals surface area contributed by atoms with Crippen LogP contribution >= 0.6 is 39.0 Å². The van der Waals surface area contributed by atoms with E-state index in [0.29, 0.717) is 11.0 Å². The summed E-state index contributed by atoms with van der Waals surface area (Å²) in [7, 11) is 0. The molecule has 2 heterocycles. The fraction of sp³-hybridized carbons (Fsp3) is 0.222. The largest absolute Gasteiger partial charge is 0.293 e. The van der Waals surface area contributed by atoms with Gasteiger partial charge in [0.2, 0.25) is 0 Å². The van der Waals surface area contributed by atoms with E-state index in [9.17, 15) is 4.79 Å². The number of thioether (sulfide) groups is 1. The van der Waals surface area contributed by atoms with Crippen LogP contribution in [0.15, 0.2) is 34.9 Å². The smallest absolute Gasteiger partial charge is 0.285 e. The van der Waals surface area contributed by atoms with Gasteiger partial charge in [0.1, 0.15) is 0 Å². The lowest BCUT2D eigenvalue weighted by Crippen LogP contribution is -2.07. The molecule has 0 radical (unpaired) electrons. The van der Waals surface area contributed by atoms with Crippen molar-refractivity contribution in [3.8, 4) is 22.0 Å². The van der Waals surface area contributed by atoms with Crippen molar-refractivity contribution in [1.29, 1.82) is 0 Å². The summed E-state index contributed by atoms with van der Waals surface area (Å²) in [5.74, 6) is 1.42. The SMILES string of the molecule is CCSC(=O)Nc1nc2c(s1)-c1nc(-c3ccccc3Br)ncc1CC2. The molecule has 5 nitrogen and oxygen atoms in total. The van der Waals surface area contributed by atoms with Gasteiger partial charge >= 0.3 is 0 Å². The number of amides is 1. The Kier molecular flexibility index (Phi) is 5.06. The summed E-state index contributed by atoms with van der Waals surface area (Å²) in [4.78, 5) is 26.8. The maximum Gasteiger partial charge on any atom is 0.285 e. The quantitative estimate of drug-likeness (QED) is 0.581. The van der Waals surface area contributed by atoms with Gasteiger partial charge in [-0.3, -0.25) is 10.1 Å². The summed E-state index contributed by atoms with van der Waals surface area (Å²) in [6.45, 7) is 1.95. The number of rotatable bonds is 3. The topological polar surface area (TPSA) is 67.8 Å². The number of nitrogens with zero attached hydrogens (tertiary/aromatic N) is 3. The third-order valence-electron chi connectivity index (χ3n) is 4.01. The Morgan fingerprint density at radius 2 is 2.15 bits per heavy atom. The Morgan fingerprint density at radius 3 is 2.96 bits per heavy atom. The zero-order valence-electron chi connectivity index (χ0n) is 14.0. The van der Waals surface area contributed by atoms with Crippen LogP contribution in [0.4, 0.5) is 9.93 Å². The molecule has 26 heavy (non-hydrogen) atoms. The van der Waals surface area contributed by atoms with E-state index in [4.69, 9.17) is 4.98 Å². The maximum atomic E-state index is 11.8. The molecule has 0 fully saturated rings. The summed E-state index contributed by atoms with van der Waals surface area (Å²) in [6, 6.07) is 7.92. The normalized spacial score (nSPS) is 12.4. The predicted molar refractivity (Wildman–Crippen MR) is 111 cm³/mol. The van der Waals surface area contributed by atoms with Crippen LogP contribution in [0.25, 0.3) is 22.0 Å². The molecule has 3 aromatic rings. The number of carbonyl (C=O) groups excluding carboxylic acids is 1. The summed E-state index contributed by atoms with van der Waals surface area (Å²) in [6.07, 6.45) is 3.61. The first-order valence-electron chi connectivity index (χ1n) is 8.20. The van der Waals surface area contributed by atoms with Gasteiger partial charge in [-0.15, -0.1) is 0 Å². The Balaban J connectivity index is 1.72. The molecule has 1 aliphatic rings. The van der Waals surface area contributed by atoms with Crippen LogP contribution in [-0.2, 0) is 12.8 Å². The second-order valence-corrected chi connectivity index (χ2v) is 8.78. The van der Waals surface area contributed by atoms with Gasteiger partial charge in [0.05, 0.1) is 16.3 Å². The number of fused-ring (bicyclic) bond motifs is 3. The first kappa shape index (κ1) is 17.6. The first-order chi connectivity index (χ1) is 12.7. The standard InChI is InChI=1S/C18H15BrN4OS2/c1-2-25-18(24)23-17-21-13-8-7-10-9-20-16(22-14(10)15(13)26-17)11-5-3-4-6-12(11)19/h3-6,9H,2,7-8H2,1H3,(H,21,23,24). The highest BCUT2D eigenvalue weighted by Gasteiger charge is 2.24. The van der Waals surface area contributed by atoms with Gasteiger partial charge in [-0.25, -0.2) is 15.0 Å². The van der Waals surface area contributed by atoms with Crippen LogP contribution in [0, 0.1) is 0 Å². The van der Waals surface area contributed by atoms with E-state index in [1.54, 1.807) is 0 Å². The van der Waals surface area contributed by atoms with E-state index in [1.165, 1.54) is 23.1 Å². The molecule has 1 N–H and O–H groups in total. The van der Waals surface area contributed by atoms with Crippen molar-refractivity contribution in [2.24, 2.45) is 0 Å². The third kappa shape index (κ3) is 3.41. The average Bonchev–Trinajstić information content (AvgIpc) is 3.04. The molecule has 1 aromatic carbocycles. The number of hydrogen-bond acceptors (Lipinski definition) is 6. The molecule has 4 rings (SSSR count). The summed E-state index contributed by atoms with van der Waals surface area (Å²) in [5, 5.41) is 3.43. The minimum Gasteiger partial charge on any atom is -0.293 e. The Bertz CT molecular complexity index is 989. The minimum absolute atomic E-state index is 0.0737. The second-order valence-electron chi connectivity index (χ2n) is 5.69. The third-order valence-corrected chi connectivity index (χ3v) is 6.37. The van der Waals surface area contributed by atoms with Gasteiger partial charge in [0, 0.05) is 16.2 Å². The number of aromatic nitrogens is 3. The van der Waals surface area contributed by atoms with Crippen molar-refractivity contribution in [2.75, 3.05) is 11.1 Å². The predicted octanol–water partition coefficient (Wildman–Crippen LogP) is 5.41. The molecule has 2 aromatic heterocycles. The van der Waals surface area contributed by atoms with Gasteiger partial charge in [-0.1, -0.05) is 64.2 Å². The number of anilines is 1. The van der Waals surface area contributed by atoms with Crippen molar-refractivity contribution in [3.05, 3.63) is 46.2 Å². The molecule has 0 spiro atoms. The molecular formula is C18H15BrN4OS2. The number of carbonyl (C=O) groups is 1. The molecule has 0 saturated carbocycles. The van der Waals surface area contributed by atoms with E-state index in [-0.39, 0.29) is 5.24 Å². The minimum atomic E-state index is -0.0737. The molecule has 0 bridgehead atoms. The van der Waals surface area contributed by atoms with E-state index < -0.39 is 0 Å². The van der Waals surface area contributed by atoms with Gasteiger partial charge in [-0.05, 0) is 30.2 Å². The van der Waals surface area contributed by atoms with Crippen LogP contribution in [-0.4, -0.2) is 25.9 Å². The van der Waals surface area contributed by atoms with E-state index >= 15 is 0 Å². The summed E-state index contributed by atoms with van der Waals surface area (Å²) < 4.78 is 0.963. The van der Waals surface area contributed by atoms with E-state index in [0.717, 1.165) is 50.5 Å². The van der Waals surface area contributed by atoms with Gasteiger partial charge < -0.3 is 0 Å². The number of thiazole rings is 1. The molecule has 8 heteroatoms. The number of halogens is 1. The highest BCUT2D eigenvalue weighted by atomic mass is 79.9. The molecule has 132 valence electrons. The number of hydrogen-bond donors (Lipinski definition) is 1. The van der Waals surface area contributed by atoms with Gasteiger partial charge in [0.25, 0.3) is 5.24 Å². The first-order valence-corrected chi connectivity index (χ1v) is 10.8. The lowest BCUT2D eigenvalue weighted by atomic mass is 9.99. The molecule has 0 unspecified atom stereocenters. The molecule has 0 atom stereocenters. The number of nitrogens with one attached hydrogen (secondary N) is 1. The van der Waals surface area contributed by atoms with E-state index in [2.05, 4.69) is 31.2 Å². The highest BCUT2D eigenvalue weighted by molar-refractivity contribution is 9.10. The van der Waals surface area contributed by atoms with Crippen LogP contribution in [0.5, 0.6) is 0 Å². The molecule has 1 amide bonds. The van der Waals surface area contributed by atoms with Crippen LogP contribution in [0.1, 0.15) is 18.2 Å².